The minimum atomic E-state index is -4.01. The number of methoxy groups -OCH3 is 1. The highest BCUT2D eigenvalue weighted by Crippen LogP contribution is 2.33. The van der Waals surface area contributed by atoms with E-state index in [9.17, 15) is 18.0 Å². The van der Waals surface area contributed by atoms with Crippen LogP contribution in [0.5, 0.6) is 11.5 Å². The summed E-state index contributed by atoms with van der Waals surface area (Å²) in [6.07, 6.45) is 0.417. The number of sulfonamides is 1. The zero-order valence-corrected chi connectivity index (χ0v) is 23.4. The number of anilines is 1. The van der Waals surface area contributed by atoms with Gasteiger partial charge in [-0.3, -0.25) is 9.59 Å². The average molecular weight is 574 g/mol. The zero-order valence-electron chi connectivity index (χ0n) is 21.8. The van der Waals surface area contributed by atoms with Crippen LogP contribution >= 0.6 is 11.3 Å². The van der Waals surface area contributed by atoms with E-state index in [-0.39, 0.29) is 43.1 Å². The number of ether oxygens (including phenoxy) is 3. The molecule has 0 saturated carbocycles. The lowest BCUT2D eigenvalue weighted by atomic mass is 10.2. The van der Waals surface area contributed by atoms with E-state index in [4.69, 9.17) is 14.2 Å². The summed E-state index contributed by atoms with van der Waals surface area (Å²) in [5.41, 5.74) is 1.32. The van der Waals surface area contributed by atoms with Gasteiger partial charge in [0.2, 0.25) is 28.6 Å². The van der Waals surface area contributed by atoms with Gasteiger partial charge >= 0.3 is 0 Å². The summed E-state index contributed by atoms with van der Waals surface area (Å²) in [7, 11) is -2.47. The first-order valence-corrected chi connectivity index (χ1v) is 14.6. The maximum atomic E-state index is 13.7. The van der Waals surface area contributed by atoms with Crippen molar-refractivity contribution < 1.29 is 32.2 Å². The van der Waals surface area contributed by atoms with Crippen LogP contribution in [0.15, 0.2) is 64.9 Å². The molecule has 0 aliphatic carbocycles. The van der Waals surface area contributed by atoms with Gasteiger partial charge in [0.1, 0.15) is 0 Å². The monoisotopic (exact) mass is 573 g/mol. The van der Waals surface area contributed by atoms with E-state index in [1.165, 1.54) is 46.8 Å². The largest absolute Gasteiger partial charge is 0.454 e. The Bertz CT molecular complexity index is 1380. The molecule has 1 aliphatic rings. The van der Waals surface area contributed by atoms with E-state index >= 15 is 0 Å². The van der Waals surface area contributed by atoms with E-state index in [0.29, 0.717) is 36.8 Å². The van der Waals surface area contributed by atoms with Gasteiger partial charge < -0.3 is 24.4 Å². The van der Waals surface area contributed by atoms with Gasteiger partial charge in [0.05, 0.1) is 18.0 Å². The highest BCUT2D eigenvalue weighted by molar-refractivity contribution is 7.89. The van der Waals surface area contributed by atoms with Crippen LogP contribution in [0.3, 0.4) is 0 Å². The van der Waals surface area contributed by atoms with Gasteiger partial charge in [0.15, 0.2) is 11.5 Å². The van der Waals surface area contributed by atoms with E-state index in [1.807, 2.05) is 29.6 Å². The molecular formula is C27H31N3O7S2. The number of carbonyl (C=O) groups excluding carboxylic acids is 2. The quantitative estimate of drug-likeness (QED) is 0.310. The third kappa shape index (κ3) is 7.57. The maximum Gasteiger partial charge on any atom is 0.243 e. The van der Waals surface area contributed by atoms with Gasteiger partial charge in [-0.2, -0.15) is 4.31 Å². The first-order chi connectivity index (χ1) is 18.8. The molecule has 1 N–H and O–H groups in total. The zero-order chi connectivity index (χ0) is 27.8. The summed E-state index contributed by atoms with van der Waals surface area (Å²) in [6, 6.07) is 15.2. The lowest BCUT2D eigenvalue weighted by Crippen LogP contribution is -2.43. The van der Waals surface area contributed by atoms with Gasteiger partial charge in [-0.05, 0) is 59.8 Å². The molecule has 1 aromatic heterocycles. The summed E-state index contributed by atoms with van der Waals surface area (Å²) in [6.45, 7) is 2.24. The number of nitrogens with zero attached hydrogens (tertiary/aromatic N) is 2. The summed E-state index contributed by atoms with van der Waals surface area (Å²) in [5, 5.41) is 4.56. The lowest BCUT2D eigenvalue weighted by Gasteiger charge is -2.27. The summed E-state index contributed by atoms with van der Waals surface area (Å²) >= 11 is 1.53. The molecule has 2 aromatic carbocycles. The molecule has 0 fully saturated rings. The molecule has 2 amide bonds. The van der Waals surface area contributed by atoms with Crippen molar-refractivity contribution >= 4 is 38.9 Å². The molecule has 12 heteroatoms. The van der Waals surface area contributed by atoms with E-state index in [0.717, 1.165) is 10.4 Å². The van der Waals surface area contributed by atoms with Crippen molar-refractivity contribution in [1.29, 1.82) is 0 Å². The van der Waals surface area contributed by atoms with E-state index in [1.54, 1.807) is 18.1 Å². The van der Waals surface area contributed by atoms with Gasteiger partial charge in [0.25, 0.3) is 0 Å². The average Bonchev–Trinajstić information content (AvgIpc) is 3.59. The van der Waals surface area contributed by atoms with Crippen LogP contribution in [-0.4, -0.2) is 63.0 Å². The Hall–Kier alpha value is -3.45. The van der Waals surface area contributed by atoms with Crippen molar-refractivity contribution in [3.05, 3.63) is 70.4 Å². The van der Waals surface area contributed by atoms with Crippen molar-refractivity contribution in [3.63, 3.8) is 0 Å². The normalized spacial score (nSPS) is 12.5. The van der Waals surface area contributed by atoms with Crippen LogP contribution < -0.4 is 14.8 Å². The molecule has 39 heavy (non-hydrogen) atoms. The summed E-state index contributed by atoms with van der Waals surface area (Å²) in [5.74, 6) is 0.667. The second-order valence-electron chi connectivity index (χ2n) is 8.91. The molecule has 4 rings (SSSR count). The topological polar surface area (TPSA) is 114 Å². The third-order valence-corrected chi connectivity index (χ3v) is 8.69. The molecule has 10 nitrogen and oxygen atoms in total. The van der Waals surface area contributed by atoms with Gasteiger partial charge in [-0.1, -0.05) is 12.1 Å². The number of carbonyl (C=O) groups is 2. The highest BCUT2D eigenvalue weighted by atomic mass is 32.2. The summed E-state index contributed by atoms with van der Waals surface area (Å²) in [4.78, 5) is 27.7. The Balaban J connectivity index is 1.56. The molecule has 0 saturated heterocycles. The molecule has 1 aliphatic heterocycles. The lowest BCUT2D eigenvalue weighted by molar-refractivity contribution is -0.132. The predicted octanol–water partition coefficient (Wildman–Crippen LogP) is 3.69. The molecule has 2 heterocycles. The fourth-order valence-corrected chi connectivity index (χ4v) is 6.21. The Kier molecular flexibility index (Phi) is 9.57. The standard InChI is InChI=1S/C27H31N3O7S2/c1-20(31)28-22-7-9-24(10-8-22)39(33,34)30(12-4-13-35-2)18-27(32)29(17-23-5-3-14-38-23)16-21-6-11-25-26(15-21)37-19-36-25/h3,5-11,14-15H,4,12-13,16-19H2,1-2H3,(H,28,31). The van der Waals surface area contributed by atoms with E-state index < -0.39 is 10.0 Å². The van der Waals surface area contributed by atoms with Crippen molar-refractivity contribution in [2.45, 2.75) is 31.3 Å². The Morgan fingerprint density at radius 2 is 1.82 bits per heavy atom. The number of fused-ring (bicyclic) bond motifs is 1. The first-order valence-electron chi connectivity index (χ1n) is 12.3. The molecule has 0 radical (unpaired) electrons. The van der Waals surface area contributed by atoms with Crippen LogP contribution in [0, 0.1) is 0 Å². The number of nitrogens with one attached hydrogen (secondary N) is 1. The number of hydrogen-bond donors (Lipinski definition) is 1. The summed E-state index contributed by atoms with van der Waals surface area (Å²) < 4.78 is 44.4. The van der Waals surface area contributed by atoms with Crippen LogP contribution in [0.1, 0.15) is 23.8 Å². The van der Waals surface area contributed by atoms with Crippen LogP contribution in [-0.2, 0) is 37.4 Å². The molecule has 208 valence electrons. The van der Waals surface area contributed by atoms with Crippen molar-refractivity contribution in [2.75, 3.05) is 38.9 Å². The van der Waals surface area contributed by atoms with E-state index in [2.05, 4.69) is 5.32 Å². The second kappa shape index (κ2) is 13.1. The SMILES string of the molecule is COCCCN(CC(=O)N(Cc1ccc2c(c1)OCO2)Cc1cccs1)S(=O)(=O)c1ccc(NC(C)=O)cc1. The molecule has 0 bridgehead atoms. The van der Waals surface area contributed by atoms with Crippen LogP contribution in [0.25, 0.3) is 0 Å². The molecule has 0 spiro atoms. The number of rotatable bonds is 13. The highest BCUT2D eigenvalue weighted by Gasteiger charge is 2.29. The number of benzene rings is 2. The fraction of sp³-hybridized carbons (Fsp3) is 0.333. The minimum Gasteiger partial charge on any atom is -0.454 e. The first kappa shape index (κ1) is 28.6. The number of thiophene rings is 1. The van der Waals surface area contributed by atoms with Crippen LogP contribution in [0.2, 0.25) is 0 Å². The Morgan fingerprint density at radius 3 is 2.51 bits per heavy atom. The third-order valence-electron chi connectivity index (χ3n) is 5.97. The van der Waals surface area contributed by atoms with Gasteiger partial charge in [0, 0.05) is 44.3 Å². The van der Waals surface area contributed by atoms with Gasteiger partial charge in [-0.25, -0.2) is 8.42 Å². The maximum absolute atomic E-state index is 13.7. The smallest absolute Gasteiger partial charge is 0.243 e. The predicted molar refractivity (Wildman–Crippen MR) is 147 cm³/mol. The minimum absolute atomic E-state index is 0.0300. The molecular weight excluding hydrogens is 542 g/mol. The van der Waals surface area contributed by atoms with Crippen LogP contribution in [0.4, 0.5) is 5.69 Å². The van der Waals surface area contributed by atoms with Crippen molar-refractivity contribution in [2.24, 2.45) is 0 Å². The Labute approximate surface area is 232 Å². The molecule has 0 atom stereocenters. The fourth-order valence-electron chi connectivity index (χ4n) is 4.07. The van der Waals surface area contributed by atoms with Crippen molar-refractivity contribution in [3.8, 4) is 11.5 Å². The number of amides is 2. The van der Waals surface area contributed by atoms with Crippen molar-refractivity contribution in [1.82, 2.24) is 9.21 Å². The molecule has 3 aromatic rings. The number of hydrogen-bond acceptors (Lipinski definition) is 8. The molecule has 0 unspecified atom stereocenters. The Morgan fingerprint density at radius 1 is 1.05 bits per heavy atom. The van der Waals surface area contributed by atoms with Gasteiger partial charge in [-0.15, -0.1) is 11.3 Å². The second-order valence-corrected chi connectivity index (χ2v) is 11.9.